The summed E-state index contributed by atoms with van der Waals surface area (Å²) in [4.78, 5) is 8.53. The van der Waals surface area contributed by atoms with Crippen LogP contribution in [0.25, 0.3) is 0 Å². The minimum Gasteiger partial charge on any atom is -0.241 e. The lowest BCUT2D eigenvalue weighted by Gasteiger charge is -2.15. The van der Waals surface area contributed by atoms with Crippen molar-refractivity contribution in [2.24, 2.45) is 0 Å². The Morgan fingerprint density at radius 2 is 1.69 bits per heavy atom. The van der Waals surface area contributed by atoms with Crippen LogP contribution >= 0.6 is 0 Å². The zero-order valence-corrected chi connectivity index (χ0v) is 9.55. The zero-order chi connectivity index (χ0) is 10.5. The molecule has 0 saturated carbocycles. The topological polar surface area (TPSA) is 25.8 Å². The largest absolute Gasteiger partial charge is 0.241 e. The van der Waals surface area contributed by atoms with Gasteiger partial charge in [0.2, 0.25) is 0 Å². The van der Waals surface area contributed by atoms with Crippen molar-refractivity contribution in [2.45, 2.75) is 47.0 Å². The van der Waals surface area contributed by atoms with E-state index in [2.05, 4.69) is 30.7 Å². The molecule has 0 bridgehead atoms. The van der Waals surface area contributed by atoms with Crippen LogP contribution in [0.1, 0.15) is 46.1 Å². The van der Waals surface area contributed by atoms with Gasteiger partial charge in [0, 0.05) is 17.3 Å². The Morgan fingerprint density at radius 1 is 1.15 bits per heavy atom. The molecule has 1 rings (SSSR count). The van der Waals surface area contributed by atoms with E-state index in [4.69, 9.17) is 0 Å². The first-order chi connectivity index (χ1) is 6.00. The molecule has 0 N–H and O–H groups in total. The van der Waals surface area contributed by atoms with E-state index in [0.29, 0.717) is 0 Å². The van der Waals surface area contributed by atoms with Crippen molar-refractivity contribution in [2.75, 3.05) is 0 Å². The minimum atomic E-state index is 0.0615. The molecule has 0 unspecified atom stereocenters. The maximum Gasteiger partial charge on any atom is 0.133 e. The summed E-state index contributed by atoms with van der Waals surface area (Å²) in [6.45, 7) is 12.3. The maximum atomic E-state index is 4.33. The van der Waals surface area contributed by atoms with Crippen molar-refractivity contribution in [1.82, 2.24) is 9.97 Å². The number of nitrogens with zero attached hydrogens (tertiary/aromatic N) is 2. The highest BCUT2D eigenvalue weighted by atomic mass is 14.9. The Bertz CT molecular complexity index is 249. The van der Waals surface area contributed by atoms with Gasteiger partial charge in [0.25, 0.3) is 0 Å². The van der Waals surface area contributed by atoms with Crippen molar-refractivity contribution >= 4 is 0 Å². The maximum absolute atomic E-state index is 4.33. The summed E-state index contributed by atoms with van der Waals surface area (Å²) in [5, 5.41) is 0. The molecule has 0 atom stereocenters. The van der Waals surface area contributed by atoms with Crippen LogP contribution in [0.15, 0.2) is 12.3 Å². The first kappa shape index (κ1) is 12.1. The van der Waals surface area contributed by atoms with Crippen molar-refractivity contribution in [1.29, 1.82) is 0 Å². The molecule has 0 aliphatic heterocycles. The van der Waals surface area contributed by atoms with Gasteiger partial charge in [-0.15, -0.1) is 0 Å². The summed E-state index contributed by atoms with van der Waals surface area (Å²) < 4.78 is 0. The van der Waals surface area contributed by atoms with Gasteiger partial charge < -0.3 is 0 Å². The van der Waals surface area contributed by atoms with Gasteiger partial charge in [-0.1, -0.05) is 34.6 Å². The summed E-state index contributed by atoms with van der Waals surface area (Å²) in [5.41, 5.74) is 1.09. The predicted molar refractivity (Wildman–Crippen MR) is 56.8 cm³/mol. The first-order valence-corrected chi connectivity index (χ1v) is 4.80. The molecule has 0 aromatic carbocycles. The van der Waals surface area contributed by atoms with Gasteiger partial charge in [0.1, 0.15) is 5.82 Å². The van der Waals surface area contributed by atoms with E-state index in [9.17, 15) is 0 Å². The summed E-state index contributed by atoms with van der Waals surface area (Å²) in [7, 11) is 0. The van der Waals surface area contributed by atoms with Gasteiger partial charge in [0.15, 0.2) is 0 Å². The van der Waals surface area contributed by atoms with Crippen molar-refractivity contribution in [3.63, 3.8) is 0 Å². The van der Waals surface area contributed by atoms with Crippen LogP contribution in [0.3, 0.4) is 0 Å². The fourth-order valence-electron chi connectivity index (χ4n) is 0.810. The molecule has 0 saturated heterocycles. The third-order valence-corrected chi connectivity index (χ3v) is 1.47. The summed E-state index contributed by atoms with van der Waals surface area (Å²) in [6.07, 6.45) is 1.81. The SMILES string of the molecule is CC.Cc1ccnc(C(C)(C)C)n1. The highest BCUT2D eigenvalue weighted by molar-refractivity contribution is 5.06. The van der Waals surface area contributed by atoms with E-state index in [0.717, 1.165) is 11.5 Å². The Kier molecular flexibility index (Phi) is 4.60. The molecule has 0 fully saturated rings. The molecule has 0 amide bonds. The summed E-state index contributed by atoms with van der Waals surface area (Å²) in [6, 6.07) is 1.91. The van der Waals surface area contributed by atoms with Gasteiger partial charge in [-0.3, -0.25) is 0 Å². The Hall–Kier alpha value is -0.920. The number of aryl methyl sites for hydroxylation is 1. The normalized spacial score (nSPS) is 10.3. The summed E-state index contributed by atoms with van der Waals surface area (Å²) >= 11 is 0. The molecule has 2 heteroatoms. The van der Waals surface area contributed by atoms with Gasteiger partial charge in [-0.25, -0.2) is 9.97 Å². The Morgan fingerprint density at radius 3 is 2.00 bits per heavy atom. The highest BCUT2D eigenvalue weighted by Crippen LogP contribution is 2.16. The smallest absolute Gasteiger partial charge is 0.133 e. The van der Waals surface area contributed by atoms with E-state index in [1.165, 1.54) is 0 Å². The second kappa shape index (κ2) is 4.95. The summed E-state index contributed by atoms with van der Waals surface area (Å²) in [5.74, 6) is 0.914. The third kappa shape index (κ3) is 4.02. The van der Waals surface area contributed by atoms with Crippen molar-refractivity contribution < 1.29 is 0 Å². The van der Waals surface area contributed by atoms with Crippen LogP contribution in [0, 0.1) is 6.92 Å². The van der Waals surface area contributed by atoms with Crippen LogP contribution in [-0.4, -0.2) is 9.97 Å². The van der Waals surface area contributed by atoms with Crippen molar-refractivity contribution in [3.8, 4) is 0 Å². The van der Waals surface area contributed by atoms with Crippen LogP contribution in [0.2, 0.25) is 0 Å². The van der Waals surface area contributed by atoms with Gasteiger partial charge in [-0.2, -0.15) is 0 Å². The molecule has 0 aliphatic rings. The van der Waals surface area contributed by atoms with Crippen LogP contribution in [0.5, 0.6) is 0 Å². The van der Waals surface area contributed by atoms with E-state index >= 15 is 0 Å². The molecule has 74 valence electrons. The number of rotatable bonds is 0. The van der Waals surface area contributed by atoms with Crippen LogP contribution in [-0.2, 0) is 5.41 Å². The number of aromatic nitrogens is 2. The molecule has 1 heterocycles. The van der Waals surface area contributed by atoms with E-state index < -0.39 is 0 Å². The first-order valence-electron chi connectivity index (χ1n) is 4.80. The molecular weight excluding hydrogens is 160 g/mol. The highest BCUT2D eigenvalue weighted by Gasteiger charge is 2.16. The zero-order valence-electron chi connectivity index (χ0n) is 9.55. The van der Waals surface area contributed by atoms with Gasteiger partial charge in [-0.05, 0) is 13.0 Å². The minimum absolute atomic E-state index is 0.0615. The molecular formula is C11H20N2. The average molecular weight is 180 g/mol. The fraction of sp³-hybridized carbons (Fsp3) is 0.636. The molecule has 13 heavy (non-hydrogen) atoms. The Balaban J connectivity index is 0.000000671. The average Bonchev–Trinajstić information content (AvgIpc) is 2.06. The van der Waals surface area contributed by atoms with Crippen molar-refractivity contribution in [3.05, 3.63) is 23.8 Å². The molecule has 1 aromatic heterocycles. The second-order valence-corrected chi connectivity index (χ2v) is 3.77. The monoisotopic (exact) mass is 180 g/mol. The lowest BCUT2D eigenvalue weighted by Crippen LogP contribution is -2.15. The standard InChI is InChI=1S/C9H14N2.C2H6/c1-7-5-6-10-8(11-7)9(2,3)4;1-2/h5-6H,1-4H3;1-2H3. The van der Waals surface area contributed by atoms with Crippen LogP contribution in [0.4, 0.5) is 0 Å². The number of hydrogen-bond acceptors (Lipinski definition) is 2. The van der Waals surface area contributed by atoms with E-state index in [1.807, 2.05) is 33.0 Å². The molecule has 0 radical (unpaired) electrons. The fourth-order valence-corrected chi connectivity index (χ4v) is 0.810. The third-order valence-electron chi connectivity index (χ3n) is 1.47. The molecule has 1 aromatic rings. The quantitative estimate of drug-likeness (QED) is 0.613. The second-order valence-electron chi connectivity index (χ2n) is 3.77. The lowest BCUT2D eigenvalue weighted by molar-refractivity contribution is 0.543. The molecule has 2 nitrogen and oxygen atoms in total. The van der Waals surface area contributed by atoms with E-state index in [-0.39, 0.29) is 5.41 Å². The number of hydrogen-bond donors (Lipinski definition) is 0. The van der Waals surface area contributed by atoms with Gasteiger partial charge in [0.05, 0.1) is 0 Å². The molecule has 0 aliphatic carbocycles. The lowest BCUT2D eigenvalue weighted by atomic mass is 9.96. The van der Waals surface area contributed by atoms with Gasteiger partial charge >= 0.3 is 0 Å². The molecule has 0 spiro atoms. The predicted octanol–water partition coefficient (Wildman–Crippen LogP) is 3.11. The van der Waals surface area contributed by atoms with E-state index in [1.54, 1.807) is 0 Å². The Labute approximate surface area is 81.4 Å². The van der Waals surface area contributed by atoms with Crippen LogP contribution < -0.4 is 0 Å².